The SMILES string of the molecule is CCOC(=O)C1CCCN1C1CC(C)(C)OC1(C)C. The van der Waals surface area contributed by atoms with Crippen molar-refractivity contribution in [2.45, 2.75) is 77.2 Å². The molecule has 4 nitrogen and oxygen atoms in total. The van der Waals surface area contributed by atoms with Crippen LogP contribution in [0.4, 0.5) is 0 Å². The average Bonchev–Trinajstić information content (AvgIpc) is 2.80. The van der Waals surface area contributed by atoms with E-state index in [1.165, 1.54) is 0 Å². The first-order valence-corrected chi connectivity index (χ1v) is 7.39. The molecule has 0 N–H and O–H groups in total. The minimum absolute atomic E-state index is 0.0690. The van der Waals surface area contributed by atoms with E-state index in [0.29, 0.717) is 12.6 Å². The Morgan fingerprint density at radius 2 is 2.05 bits per heavy atom. The van der Waals surface area contributed by atoms with E-state index in [2.05, 4.69) is 32.6 Å². The van der Waals surface area contributed by atoms with Crippen LogP contribution in [0.25, 0.3) is 0 Å². The number of carbonyl (C=O) groups excluding carboxylic acids is 1. The highest BCUT2D eigenvalue weighted by Crippen LogP contribution is 2.42. The molecule has 0 aromatic carbocycles. The van der Waals surface area contributed by atoms with Gasteiger partial charge in [0.2, 0.25) is 0 Å². The van der Waals surface area contributed by atoms with Crippen LogP contribution in [0.3, 0.4) is 0 Å². The molecule has 0 radical (unpaired) electrons. The quantitative estimate of drug-likeness (QED) is 0.737. The van der Waals surface area contributed by atoms with Crippen molar-refractivity contribution in [2.24, 2.45) is 0 Å². The number of hydrogen-bond acceptors (Lipinski definition) is 4. The fraction of sp³-hybridized carbons (Fsp3) is 0.933. The summed E-state index contributed by atoms with van der Waals surface area (Å²) in [7, 11) is 0. The summed E-state index contributed by atoms with van der Waals surface area (Å²) in [6.45, 7) is 11.8. The van der Waals surface area contributed by atoms with Gasteiger partial charge in [0.05, 0.1) is 17.8 Å². The van der Waals surface area contributed by atoms with E-state index >= 15 is 0 Å². The Morgan fingerprint density at radius 1 is 1.37 bits per heavy atom. The van der Waals surface area contributed by atoms with Crippen molar-refractivity contribution in [1.82, 2.24) is 4.90 Å². The monoisotopic (exact) mass is 269 g/mol. The van der Waals surface area contributed by atoms with Gasteiger partial charge in [0.15, 0.2) is 0 Å². The first kappa shape index (κ1) is 14.8. The van der Waals surface area contributed by atoms with Crippen molar-refractivity contribution in [3.05, 3.63) is 0 Å². The molecule has 2 fully saturated rings. The summed E-state index contributed by atoms with van der Waals surface area (Å²) in [4.78, 5) is 14.4. The molecular weight excluding hydrogens is 242 g/mol. The number of esters is 1. The minimum atomic E-state index is -0.210. The van der Waals surface area contributed by atoms with E-state index in [9.17, 15) is 4.79 Å². The third-order valence-corrected chi connectivity index (χ3v) is 4.28. The van der Waals surface area contributed by atoms with Crippen molar-refractivity contribution in [1.29, 1.82) is 0 Å². The van der Waals surface area contributed by atoms with E-state index in [0.717, 1.165) is 25.8 Å². The van der Waals surface area contributed by atoms with Gasteiger partial charge in [-0.2, -0.15) is 0 Å². The van der Waals surface area contributed by atoms with E-state index in [4.69, 9.17) is 9.47 Å². The number of hydrogen-bond donors (Lipinski definition) is 0. The summed E-state index contributed by atoms with van der Waals surface area (Å²) >= 11 is 0. The van der Waals surface area contributed by atoms with Crippen molar-refractivity contribution in [3.63, 3.8) is 0 Å². The maximum atomic E-state index is 12.1. The summed E-state index contributed by atoms with van der Waals surface area (Å²) < 4.78 is 11.4. The zero-order valence-corrected chi connectivity index (χ0v) is 12.9. The molecule has 2 unspecified atom stereocenters. The van der Waals surface area contributed by atoms with Crippen LogP contribution in [0, 0.1) is 0 Å². The van der Waals surface area contributed by atoms with Gasteiger partial charge in [0, 0.05) is 6.04 Å². The first-order valence-electron chi connectivity index (χ1n) is 7.39. The van der Waals surface area contributed by atoms with Gasteiger partial charge in [-0.3, -0.25) is 9.69 Å². The number of carbonyl (C=O) groups is 1. The van der Waals surface area contributed by atoms with Crippen LogP contribution in [0.5, 0.6) is 0 Å². The van der Waals surface area contributed by atoms with Gasteiger partial charge in [-0.15, -0.1) is 0 Å². The third-order valence-electron chi connectivity index (χ3n) is 4.28. The predicted molar refractivity (Wildman–Crippen MR) is 74.0 cm³/mol. The van der Waals surface area contributed by atoms with Gasteiger partial charge < -0.3 is 9.47 Å². The molecule has 2 aliphatic heterocycles. The molecule has 0 amide bonds. The van der Waals surface area contributed by atoms with Crippen LogP contribution >= 0.6 is 0 Å². The molecule has 110 valence electrons. The van der Waals surface area contributed by atoms with E-state index < -0.39 is 0 Å². The molecular formula is C15H27NO3. The Bertz CT molecular complexity index is 351. The number of rotatable bonds is 3. The molecule has 2 atom stereocenters. The second kappa shape index (κ2) is 5.06. The third kappa shape index (κ3) is 2.95. The number of nitrogens with zero attached hydrogens (tertiary/aromatic N) is 1. The molecule has 19 heavy (non-hydrogen) atoms. The fourth-order valence-electron chi connectivity index (χ4n) is 3.70. The summed E-state index contributed by atoms with van der Waals surface area (Å²) in [5.74, 6) is -0.0690. The lowest BCUT2D eigenvalue weighted by Gasteiger charge is -2.36. The molecule has 0 bridgehead atoms. The molecule has 2 rings (SSSR count). The highest BCUT2D eigenvalue weighted by atomic mass is 16.5. The Labute approximate surface area is 116 Å². The number of likely N-dealkylation sites (tertiary alicyclic amines) is 1. The molecule has 0 saturated carbocycles. The normalized spacial score (nSPS) is 33.5. The highest BCUT2D eigenvalue weighted by molar-refractivity contribution is 5.76. The molecule has 2 aliphatic rings. The molecule has 0 spiro atoms. The number of ether oxygens (including phenoxy) is 2. The Hall–Kier alpha value is -0.610. The largest absolute Gasteiger partial charge is 0.465 e. The lowest BCUT2D eigenvalue weighted by atomic mass is 9.92. The molecule has 2 heterocycles. The Morgan fingerprint density at radius 3 is 2.58 bits per heavy atom. The van der Waals surface area contributed by atoms with Crippen LogP contribution in [0.15, 0.2) is 0 Å². The fourth-order valence-corrected chi connectivity index (χ4v) is 3.70. The standard InChI is InChI=1S/C15H27NO3/c1-6-18-13(17)11-8-7-9-16(11)12-10-14(2,3)19-15(12,4)5/h11-12H,6-10H2,1-5H3. The van der Waals surface area contributed by atoms with Crippen molar-refractivity contribution >= 4 is 5.97 Å². The Balaban J connectivity index is 2.14. The smallest absolute Gasteiger partial charge is 0.323 e. The van der Waals surface area contributed by atoms with E-state index in [-0.39, 0.29) is 23.2 Å². The van der Waals surface area contributed by atoms with Crippen LogP contribution in [-0.4, -0.2) is 47.3 Å². The minimum Gasteiger partial charge on any atom is -0.465 e. The molecule has 0 aromatic heterocycles. The molecule has 2 saturated heterocycles. The van der Waals surface area contributed by atoms with Crippen molar-refractivity contribution in [2.75, 3.05) is 13.2 Å². The summed E-state index contributed by atoms with van der Waals surface area (Å²) in [6, 6.07) is 0.209. The molecule has 4 heteroatoms. The van der Waals surface area contributed by atoms with Crippen molar-refractivity contribution in [3.8, 4) is 0 Å². The second-order valence-corrected chi connectivity index (χ2v) is 6.83. The van der Waals surface area contributed by atoms with Gasteiger partial charge >= 0.3 is 5.97 Å². The van der Waals surface area contributed by atoms with Crippen LogP contribution in [-0.2, 0) is 14.3 Å². The maximum absolute atomic E-state index is 12.1. The zero-order valence-electron chi connectivity index (χ0n) is 12.9. The Kier molecular flexibility index (Phi) is 3.94. The summed E-state index contributed by atoms with van der Waals surface area (Å²) in [5, 5.41) is 0. The maximum Gasteiger partial charge on any atom is 0.323 e. The van der Waals surface area contributed by atoms with Gasteiger partial charge in [-0.1, -0.05) is 0 Å². The van der Waals surface area contributed by atoms with Crippen LogP contribution in [0.2, 0.25) is 0 Å². The lowest BCUT2D eigenvalue weighted by Crippen LogP contribution is -2.51. The van der Waals surface area contributed by atoms with Gasteiger partial charge in [0.25, 0.3) is 0 Å². The van der Waals surface area contributed by atoms with E-state index in [1.807, 2.05) is 6.92 Å². The first-order chi connectivity index (χ1) is 8.77. The van der Waals surface area contributed by atoms with Gasteiger partial charge in [-0.05, 0) is 60.4 Å². The average molecular weight is 269 g/mol. The second-order valence-electron chi connectivity index (χ2n) is 6.83. The highest BCUT2D eigenvalue weighted by Gasteiger charge is 2.51. The van der Waals surface area contributed by atoms with E-state index in [1.54, 1.807) is 0 Å². The molecule has 0 aliphatic carbocycles. The predicted octanol–water partition coefficient (Wildman–Crippen LogP) is 2.36. The van der Waals surface area contributed by atoms with Crippen LogP contribution in [0.1, 0.15) is 53.9 Å². The van der Waals surface area contributed by atoms with Gasteiger partial charge in [-0.25, -0.2) is 0 Å². The zero-order chi connectivity index (χ0) is 14.3. The van der Waals surface area contributed by atoms with Crippen LogP contribution < -0.4 is 0 Å². The topological polar surface area (TPSA) is 38.8 Å². The summed E-state index contributed by atoms with van der Waals surface area (Å²) in [6.07, 6.45) is 2.94. The lowest BCUT2D eigenvalue weighted by molar-refractivity contribution is -0.150. The summed E-state index contributed by atoms with van der Waals surface area (Å²) in [5.41, 5.74) is -0.325. The molecule has 0 aromatic rings. The van der Waals surface area contributed by atoms with Gasteiger partial charge in [0.1, 0.15) is 6.04 Å². The van der Waals surface area contributed by atoms with Crippen molar-refractivity contribution < 1.29 is 14.3 Å².